The molecule has 0 unspecified atom stereocenters. The topological polar surface area (TPSA) is 52.7 Å². The van der Waals surface area contributed by atoms with Crippen LogP contribution in [0.25, 0.3) is 33.9 Å². The van der Waals surface area contributed by atoms with Crippen LogP contribution in [0.4, 0.5) is 0 Å². The normalized spacial score (nSPS) is 12.6. The third kappa shape index (κ3) is 4.25. The Balaban J connectivity index is 1.93. The van der Waals surface area contributed by atoms with E-state index in [2.05, 4.69) is 77.9 Å². The van der Waals surface area contributed by atoms with E-state index in [1.165, 1.54) is 0 Å². The molecule has 0 aliphatic carbocycles. The first-order valence-corrected chi connectivity index (χ1v) is 14.7. The number of aromatic nitrogens is 4. The van der Waals surface area contributed by atoms with Gasteiger partial charge in [0.2, 0.25) is 0 Å². The number of rotatable bonds is 5. The second-order valence-electron chi connectivity index (χ2n) is 11.6. The van der Waals surface area contributed by atoms with Crippen LogP contribution in [0.1, 0.15) is 41.5 Å². The average Bonchev–Trinajstić information content (AvgIpc) is 3.53. The molecular weight excluding hydrogens is 487 g/mol. The standard InChI is InChI=1S/C32H35N4OP/c1-31(2,3)38(37,32(4,5)6)27-22-23-33-36(27)30-28(24-16-10-7-11-17-24)34-35(26-20-14-9-15-21-26)29(30)25-18-12-8-13-19-25/h7-23H,1-6H3. The maximum absolute atomic E-state index is 15.2. The zero-order chi connectivity index (χ0) is 27.1. The lowest BCUT2D eigenvalue weighted by molar-refractivity contribution is 0.525. The molecule has 6 heteroatoms. The Bertz CT molecular complexity index is 1570. The minimum absolute atomic E-state index is 0.474. The van der Waals surface area contributed by atoms with Gasteiger partial charge in [0.15, 0.2) is 0 Å². The first-order chi connectivity index (χ1) is 18.0. The van der Waals surface area contributed by atoms with Crippen LogP contribution < -0.4 is 5.44 Å². The number of hydrogen-bond acceptors (Lipinski definition) is 3. The second-order valence-corrected chi connectivity index (χ2v) is 15.9. The van der Waals surface area contributed by atoms with Crippen molar-refractivity contribution in [3.05, 3.63) is 103 Å². The molecule has 5 aromatic rings. The highest BCUT2D eigenvalue weighted by atomic mass is 31.2. The van der Waals surface area contributed by atoms with Gasteiger partial charge >= 0.3 is 0 Å². The van der Waals surface area contributed by atoms with Gasteiger partial charge in [0.05, 0.1) is 11.9 Å². The van der Waals surface area contributed by atoms with E-state index < -0.39 is 17.5 Å². The maximum atomic E-state index is 15.2. The number of para-hydroxylation sites is 1. The lowest BCUT2D eigenvalue weighted by Gasteiger charge is -2.41. The molecule has 0 amide bonds. The predicted octanol–water partition coefficient (Wildman–Crippen LogP) is 7.98. The molecule has 0 fully saturated rings. The highest BCUT2D eigenvalue weighted by Crippen LogP contribution is 2.66. The molecule has 38 heavy (non-hydrogen) atoms. The maximum Gasteiger partial charge on any atom is 0.143 e. The van der Waals surface area contributed by atoms with E-state index in [1.54, 1.807) is 6.20 Å². The van der Waals surface area contributed by atoms with E-state index >= 15 is 4.57 Å². The average molecular weight is 523 g/mol. The molecule has 0 spiro atoms. The number of hydrogen-bond donors (Lipinski definition) is 0. The van der Waals surface area contributed by atoms with E-state index in [4.69, 9.17) is 10.2 Å². The van der Waals surface area contributed by atoms with Gasteiger partial charge in [-0.05, 0) is 18.2 Å². The molecule has 194 valence electrons. The molecular formula is C32H35N4OP. The van der Waals surface area contributed by atoms with Crippen LogP contribution in [0, 0.1) is 0 Å². The minimum Gasteiger partial charge on any atom is -0.316 e. The van der Waals surface area contributed by atoms with Gasteiger partial charge in [-0.25, -0.2) is 9.36 Å². The molecule has 0 bridgehead atoms. The fourth-order valence-corrected chi connectivity index (χ4v) is 9.49. The largest absolute Gasteiger partial charge is 0.316 e. The first-order valence-electron chi connectivity index (χ1n) is 13.0. The fraction of sp³-hybridized carbons (Fsp3) is 0.250. The molecule has 0 saturated carbocycles. The van der Waals surface area contributed by atoms with E-state index in [0.29, 0.717) is 0 Å². The highest BCUT2D eigenvalue weighted by molar-refractivity contribution is 7.74. The molecule has 0 aliphatic heterocycles. The van der Waals surface area contributed by atoms with Crippen molar-refractivity contribution in [2.45, 2.75) is 51.9 Å². The Morgan fingerprint density at radius 2 is 1.13 bits per heavy atom. The fourth-order valence-electron chi connectivity index (χ4n) is 5.41. The SMILES string of the molecule is CC(C)(C)P(=O)(c1ccnn1-c1c(-c2ccccc2)nn(-c2ccccc2)c1-c1ccccc1)C(C)(C)C. The summed E-state index contributed by atoms with van der Waals surface area (Å²) in [6.45, 7) is 12.4. The molecule has 5 nitrogen and oxygen atoms in total. The Kier molecular flexibility index (Phi) is 6.53. The van der Waals surface area contributed by atoms with Crippen molar-refractivity contribution in [2.24, 2.45) is 0 Å². The molecule has 3 aromatic carbocycles. The van der Waals surface area contributed by atoms with E-state index in [1.807, 2.05) is 70.0 Å². The molecule has 0 aliphatic rings. The lowest BCUT2D eigenvalue weighted by Crippen LogP contribution is -2.38. The summed E-state index contributed by atoms with van der Waals surface area (Å²) in [4.78, 5) is 0. The van der Waals surface area contributed by atoms with Crippen molar-refractivity contribution in [1.29, 1.82) is 0 Å². The van der Waals surface area contributed by atoms with Gasteiger partial charge in [0.1, 0.15) is 29.7 Å². The molecule has 2 heterocycles. The summed E-state index contributed by atoms with van der Waals surface area (Å²) >= 11 is 0. The van der Waals surface area contributed by atoms with Crippen LogP contribution in [0.2, 0.25) is 0 Å². The zero-order valence-corrected chi connectivity index (χ0v) is 23.9. The van der Waals surface area contributed by atoms with Crippen molar-refractivity contribution < 1.29 is 4.57 Å². The van der Waals surface area contributed by atoms with Gasteiger partial charge in [-0.1, -0.05) is 120 Å². The van der Waals surface area contributed by atoms with Gasteiger partial charge < -0.3 is 4.57 Å². The Morgan fingerprint density at radius 3 is 1.66 bits per heavy atom. The van der Waals surface area contributed by atoms with Gasteiger partial charge in [0.25, 0.3) is 0 Å². The van der Waals surface area contributed by atoms with Gasteiger partial charge in [-0.3, -0.25) is 0 Å². The van der Waals surface area contributed by atoms with Crippen LogP contribution in [0.3, 0.4) is 0 Å². The van der Waals surface area contributed by atoms with Crippen molar-refractivity contribution >= 4 is 12.6 Å². The summed E-state index contributed by atoms with van der Waals surface area (Å²) in [6, 6.07) is 32.5. The van der Waals surface area contributed by atoms with Crippen molar-refractivity contribution in [1.82, 2.24) is 19.6 Å². The van der Waals surface area contributed by atoms with Crippen LogP contribution in [0.5, 0.6) is 0 Å². The van der Waals surface area contributed by atoms with Crippen LogP contribution in [-0.2, 0) is 4.57 Å². The predicted molar refractivity (Wildman–Crippen MR) is 158 cm³/mol. The Labute approximate surface area is 225 Å². The minimum atomic E-state index is -3.02. The summed E-state index contributed by atoms with van der Waals surface area (Å²) in [5.74, 6) is 0. The molecule has 0 N–H and O–H groups in total. The summed E-state index contributed by atoms with van der Waals surface area (Å²) < 4.78 is 19.1. The van der Waals surface area contributed by atoms with E-state index in [0.717, 1.165) is 39.3 Å². The third-order valence-corrected chi connectivity index (χ3v) is 11.8. The Morgan fingerprint density at radius 1 is 0.632 bits per heavy atom. The lowest BCUT2D eigenvalue weighted by atomic mass is 10.1. The van der Waals surface area contributed by atoms with E-state index in [9.17, 15) is 0 Å². The van der Waals surface area contributed by atoms with E-state index in [-0.39, 0.29) is 0 Å². The molecule has 2 aromatic heterocycles. The summed E-state index contributed by atoms with van der Waals surface area (Å²) in [7, 11) is -3.02. The summed E-state index contributed by atoms with van der Waals surface area (Å²) in [6.07, 6.45) is 1.77. The monoisotopic (exact) mass is 522 g/mol. The number of benzene rings is 3. The third-order valence-electron chi connectivity index (χ3n) is 7.00. The molecule has 0 saturated heterocycles. The summed E-state index contributed by atoms with van der Waals surface area (Å²) in [5.41, 5.74) is 6.15. The first kappa shape index (κ1) is 25.9. The van der Waals surface area contributed by atoms with Gasteiger partial charge in [-0.2, -0.15) is 10.2 Å². The zero-order valence-electron chi connectivity index (χ0n) is 23.0. The van der Waals surface area contributed by atoms with Crippen molar-refractivity contribution in [2.75, 3.05) is 0 Å². The molecule has 0 atom stereocenters. The van der Waals surface area contributed by atoms with Gasteiger partial charge in [-0.15, -0.1) is 0 Å². The smallest absolute Gasteiger partial charge is 0.143 e. The molecule has 5 rings (SSSR count). The highest BCUT2D eigenvalue weighted by Gasteiger charge is 2.50. The van der Waals surface area contributed by atoms with Crippen LogP contribution in [0.15, 0.2) is 103 Å². The van der Waals surface area contributed by atoms with Crippen molar-refractivity contribution in [3.63, 3.8) is 0 Å². The quantitative estimate of drug-likeness (QED) is 0.220. The van der Waals surface area contributed by atoms with Crippen LogP contribution >= 0.6 is 7.14 Å². The Hall–Kier alpha value is -3.69. The second kappa shape index (κ2) is 9.56. The summed E-state index contributed by atoms with van der Waals surface area (Å²) in [5, 5.41) is 9.10. The van der Waals surface area contributed by atoms with Crippen molar-refractivity contribution in [3.8, 4) is 33.9 Å². The number of nitrogens with zero attached hydrogens (tertiary/aromatic N) is 4. The van der Waals surface area contributed by atoms with Crippen LogP contribution in [-0.4, -0.2) is 29.9 Å². The molecule has 0 radical (unpaired) electrons. The van der Waals surface area contributed by atoms with Gasteiger partial charge in [0, 0.05) is 21.4 Å².